The first kappa shape index (κ1) is 13.7. The molecule has 1 saturated carbocycles. The molecule has 1 heterocycles. The Morgan fingerprint density at radius 2 is 2.05 bits per heavy atom. The van der Waals surface area contributed by atoms with E-state index in [0.717, 1.165) is 42.6 Å². The van der Waals surface area contributed by atoms with E-state index >= 15 is 0 Å². The summed E-state index contributed by atoms with van der Waals surface area (Å²) >= 11 is 6.29. The maximum absolute atomic E-state index is 11.4. The lowest BCUT2D eigenvalue weighted by Crippen LogP contribution is -2.29. The number of benzene rings is 1. The van der Waals surface area contributed by atoms with Gasteiger partial charge in [0.25, 0.3) is 0 Å². The first-order valence-corrected chi connectivity index (χ1v) is 7.45. The van der Waals surface area contributed by atoms with Crippen LogP contribution in [0.5, 0.6) is 0 Å². The van der Waals surface area contributed by atoms with Crippen molar-refractivity contribution >= 4 is 28.9 Å². The highest BCUT2D eigenvalue weighted by molar-refractivity contribution is 6.33. The van der Waals surface area contributed by atoms with Gasteiger partial charge in [-0.05, 0) is 43.4 Å². The number of methoxy groups -OCH3 is 1. The van der Waals surface area contributed by atoms with Gasteiger partial charge in [0.1, 0.15) is 0 Å². The molecule has 2 aliphatic rings. The Hall–Kier alpha value is -1.26. The Morgan fingerprint density at radius 3 is 2.75 bits per heavy atom. The van der Waals surface area contributed by atoms with Gasteiger partial charge in [-0.25, -0.2) is 0 Å². The molecule has 1 aromatic carbocycles. The van der Waals surface area contributed by atoms with Crippen LogP contribution in [0.2, 0.25) is 5.02 Å². The Kier molecular flexibility index (Phi) is 3.85. The van der Waals surface area contributed by atoms with Crippen molar-refractivity contribution in [2.75, 3.05) is 17.7 Å². The van der Waals surface area contributed by atoms with Crippen LogP contribution in [-0.4, -0.2) is 25.2 Å². The van der Waals surface area contributed by atoms with Crippen LogP contribution in [0.4, 0.5) is 11.4 Å². The molecule has 0 radical (unpaired) electrons. The lowest BCUT2D eigenvalue weighted by molar-refractivity contribution is -0.115. The summed E-state index contributed by atoms with van der Waals surface area (Å²) in [7, 11) is 1.78. The predicted molar refractivity (Wildman–Crippen MR) is 80.5 cm³/mol. The quantitative estimate of drug-likeness (QED) is 0.900. The van der Waals surface area contributed by atoms with E-state index in [-0.39, 0.29) is 5.91 Å². The molecule has 0 spiro atoms. The van der Waals surface area contributed by atoms with E-state index < -0.39 is 0 Å². The number of halogens is 1. The third kappa shape index (κ3) is 2.76. The van der Waals surface area contributed by atoms with Crippen molar-refractivity contribution in [1.82, 2.24) is 0 Å². The van der Waals surface area contributed by atoms with Gasteiger partial charge in [-0.1, -0.05) is 11.6 Å². The number of ether oxygens (including phenoxy) is 1. The van der Waals surface area contributed by atoms with Crippen LogP contribution in [0.25, 0.3) is 0 Å². The Morgan fingerprint density at radius 1 is 1.30 bits per heavy atom. The number of hydrogen-bond donors (Lipinski definition) is 2. The number of hydrogen-bond acceptors (Lipinski definition) is 3. The van der Waals surface area contributed by atoms with Gasteiger partial charge in [0.2, 0.25) is 5.91 Å². The zero-order valence-electron chi connectivity index (χ0n) is 11.5. The molecule has 20 heavy (non-hydrogen) atoms. The van der Waals surface area contributed by atoms with Crippen molar-refractivity contribution in [3.63, 3.8) is 0 Å². The third-order valence-corrected chi connectivity index (χ3v) is 4.50. The summed E-state index contributed by atoms with van der Waals surface area (Å²) in [6.45, 7) is 0. The summed E-state index contributed by atoms with van der Waals surface area (Å²) in [6, 6.07) is 4.27. The van der Waals surface area contributed by atoms with Crippen LogP contribution in [-0.2, 0) is 16.0 Å². The number of rotatable bonds is 3. The Balaban J connectivity index is 1.69. The van der Waals surface area contributed by atoms with Gasteiger partial charge in [0.05, 0.1) is 23.2 Å². The number of fused-ring (bicyclic) bond motifs is 1. The van der Waals surface area contributed by atoms with Crippen LogP contribution in [0.1, 0.15) is 31.2 Å². The number of amides is 1. The monoisotopic (exact) mass is 294 g/mol. The summed E-state index contributed by atoms with van der Waals surface area (Å²) in [4.78, 5) is 11.4. The maximum Gasteiger partial charge on any atom is 0.228 e. The summed E-state index contributed by atoms with van der Waals surface area (Å²) in [5, 5.41) is 6.99. The molecule has 1 fully saturated rings. The van der Waals surface area contributed by atoms with Gasteiger partial charge in [0, 0.05) is 18.8 Å². The normalized spacial score (nSPS) is 25.2. The summed E-state index contributed by atoms with van der Waals surface area (Å²) in [6.07, 6.45) is 5.17. The molecule has 0 unspecified atom stereocenters. The third-order valence-electron chi connectivity index (χ3n) is 4.19. The molecular weight excluding hydrogens is 276 g/mol. The van der Waals surface area contributed by atoms with Crippen molar-refractivity contribution < 1.29 is 9.53 Å². The van der Waals surface area contributed by atoms with E-state index in [1.807, 2.05) is 12.1 Å². The molecule has 3 rings (SSSR count). The number of anilines is 2. The van der Waals surface area contributed by atoms with E-state index in [4.69, 9.17) is 16.3 Å². The topological polar surface area (TPSA) is 50.4 Å². The van der Waals surface area contributed by atoms with E-state index in [9.17, 15) is 4.79 Å². The lowest BCUT2D eigenvalue weighted by atomic mass is 9.92. The second-order valence-corrected chi connectivity index (χ2v) is 5.98. The van der Waals surface area contributed by atoms with E-state index in [0.29, 0.717) is 23.6 Å². The highest BCUT2D eigenvalue weighted by Crippen LogP contribution is 2.34. The molecule has 1 amide bonds. The molecule has 1 aliphatic heterocycles. The molecule has 0 saturated heterocycles. The van der Waals surface area contributed by atoms with Crippen LogP contribution in [0.3, 0.4) is 0 Å². The summed E-state index contributed by atoms with van der Waals surface area (Å²) in [5.41, 5.74) is 2.80. The predicted octanol–water partition coefficient (Wildman–Crippen LogP) is 3.20. The van der Waals surface area contributed by atoms with Gasteiger partial charge in [-0.3, -0.25) is 4.79 Å². The van der Waals surface area contributed by atoms with Crippen LogP contribution < -0.4 is 10.6 Å². The molecule has 1 aliphatic carbocycles. The smallest absolute Gasteiger partial charge is 0.228 e. The van der Waals surface area contributed by atoms with E-state index in [1.165, 1.54) is 0 Å². The minimum absolute atomic E-state index is 0.0359. The molecular formula is C15H19ClN2O2. The van der Waals surface area contributed by atoms with Crippen LogP contribution in [0, 0.1) is 0 Å². The fourth-order valence-electron chi connectivity index (χ4n) is 3.02. The first-order chi connectivity index (χ1) is 9.65. The van der Waals surface area contributed by atoms with Crippen molar-refractivity contribution in [2.24, 2.45) is 0 Å². The van der Waals surface area contributed by atoms with Crippen molar-refractivity contribution in [3.8, 4) is 0 Å². The molecule has 0 atom stereocenters. The molecule has 5 heteroatoms. The van der Waals surface area contributed by atoms with Gasteiger partial charge in [0.15, 0.2) is 0 Å². The Bertz CT molecular complexity index is 525. The fourth-order valence-corrected chi connectivity index (χ4v) is 3.24. The number of carbonyl (C=O) groups excluding carboxylic acids is 1. The first-order valence-electron chi connectivity index (χ1n) is 7.07. The molecule has 0 bridgehead atoms. The summed E-state index contributed by atoms with van der Waals surface area (Å²) in [5.74, 6) is 0.0359. The minimum Gasteiger partial charge on any atom is -0.381 e. The molecule has 2 N–H and O–H groups in total. The SMILES string of the molecule is COC1CCC(Nc2cc3c(cc2Cl)NC(=O)C3)CC1. The van der Waals surface area contributed by atoms with Gasteiger partial charge >= 0.3 is 0 Å². The zero-order chi connectivity index (χ0) is 14.1. The van der Waals surface area contributed by atoms with Crippen molar-refractivity contribution in [1.29, 1.82) is 0 Å². The highest BCUT2D eigenvalue weighted by Gasteiger charge is 2.23. The molecule has 0 aromatic heterocycles. The minimum atomic E-state index is 0.0359. The molecule has 1 aromatic rings. The maximum atomic E-state index is 11.4. The van der Waals surface area contributed by atoms with E-state index in [2.05, 4.69) is 10.6 Å². The van der Waals surface area contributed by atoms with Crippen LogP contribution >= 0.6 is 11.6 Å². The summed E-state index contributed by atoms with van der Waals surface area (Å²) < 4.78 is 5.39. The number of nitrogens with one attached hydrogen (secondary N) is 2. The number of carbonyl (C=O) groups is 1. The fraction of sp³-hybridized carbons (Fsp3) is 0.533. The van der Waals surface area contributed by atoms with Crippen molar-refractivity contribution in [2.45, 2.75) is 44.2 Å². The largest absolute Gasteiger partial charge is 0.381 e. The lowest BCUT2D eigenvalue weighted by Gasteiger charge is -2.29. The standard InChI is InChI=1S/C15H19ClN2O2/c1-20-11-4-2-10(3-5-11)17-14-6-9-7-15(19)18-13(9)8-12(14)16/h6,8,10-11,17H,2-5,7H2,1H3,(H,18,19). The van der Waals surface area contributed by atoms with Gasteiger partial charge in [-0.15, -0.1) is 0 Å². The Labute approximate surface area is 123 Å². The van der Waals surface area contributed by atoms with Gasteiger partial charge < -0.3 is 15.4 Å². The zero-order valence-corrected chi connectivity index (χ0v) is 12.3. The second kappa shape index (κ2) is 5.62. The second-order valence-electron chi connectivity index (χ2n) is 5.57. The molecule has 4 nitrogen and oxygen atoms in total. The molecule has 108 valence electrons. The van der Waals surface area contributed by atoms with Gasteiger partial charge in [-0.2, -0.15) is 0 Å². The van der Waals surface area contributed by atoms with E-state index in [1.54, 1.807) is 7.11 Å². The van der Waals surface area contributed by atoms with Crippen LogP contribution in [0.15, 0.2) is 12.1 Å². The highest BCUT2D eigenvalue weighted by atomic mass is 35.5. The average Bonchev–Trinajstić information content (AvgIpc) is 2.79. The van der Waals surface area contributed by atoms with Crippen molar-refractivity contribution in [3.05, 3.63) is 22.7 Å². The average molecular weight is 295 g/mol.